The fourth-order valence-electron chi connectivity index (χ4n) is 2.57. The van der Waals surface area contributed by atoms with Crippen molar-refractivity contribution in [3.63, 3.8) is 0 Å². The molecule has 1 aliphatic heterocycles. The van der Waals surface area contributed by atoms with Crippen molar-refractivity contribution in [2.24, 2.45) is 0 Å². The molecule has 0 spiro atoms. The first kappa shape index (κ1) is 19.1. The van der Waals surface area contributed by atoms with Gasteiger partial charge < -0.3 is 4.74 Å². The Bertz CT molecular complexity index is 754. The summed E-state index contributed by atoms with van der Waals surface area (Å²) in [5.41, 5.74) is 4.49. The molecule has 2 aromatic rings. The van der Waals surface area contributed by atoms with Crippen LogP contribution in [0.5, 0.6) is 0 Å². The van der Waals surface area contributed by atoms with Gasteiger partial charge in [-0.1, -0.05) is 38.8 Å². The first-order valence-corrected chi connectivity index (χ1v) is 9.27. The van der Waals surface area contributed by atoms with Crippen LogP contribution >= 0.6 is 27.5 Å². The number of hydrazine groups is 3. The molecule has 0 unspecified atom stereocenters. The highest BCUT2D eigenvalue weighted by molar-refractivity contribution is 9.10. The highest BCUT2D eigenvalue weighted by Gasteiger charge is 2.29. The lowest BCUT2D eigenvalue weighted by molar-refractivity contribution is 0.163. The Balaban J connectivity index is 1.88. The van der Waals surface area contributed by atoms with Gasteiger partial charge in [0.25, 0.3) is 0 Å². The number of benzene rings is 2. The van der Waals surface area contributed by atoms with Crippen LogP contribution in [-0.2, 0) is 4.74 Å². The topological polar surface area (TPSA) is 31.0 Å². The number of rotatable bonds is 7. The van der Waals surface area contributed by atoms with Crippen LogP contribution < -0.4 is 15.4 Å². The Labute approximate surface area is 165 Å². The summed E-state index contributed by atoms with van der Waals surface area (Å²) in [6.45, 7) is 1.28. The minimum atomic E-state index is -0.400. The molecule has 0 saturated carbocycles. The average molecular weight is 442 g/mol. The standard InChI is InChI=1S/C18H19BrClFN4O/c1-26-13-3-10-22-25-23(15-8-6-14(19)7-9-15)11-12-24(25)18-16(20)4-2-5-17(18)21/h2,4-9,11-12,22H,3,10,13H2,1H3. The first-order valence-electron chi connectivity index (χ1n) is 8.10. The molecule has 0 bridgehead atoms. The number of anilines is 2. The van der Waals surface area contributed by atoms with Crippen molar-refractivity contribution >= 4 is 38.9 Å². The van der Waals surface area contributed by atoms with E-state index < -0.39 is 5.82 Å². The third-order valence-electron chi connectivity index (χ3n) is 3.79. The van der Waals surface area contributed by atoms with Gasteiger partial charge in [-0.3, -0.25) is 0 Å². The van der Waals surface area contributed by atoms with E-state index in [0.29, 0.717) is 18.2 Å². The predicted molar refractivity (Wildman–Crippen MR) is 106 cm³/mol. The average Bonchev–Trinajstić information content (AvgIpc) is 3.03. The maximum absolute atomic E-state index is 14.4. The lowest BCUT2D eigenvalue weighted by Crippen LogP contribution is -2.54. The van der Waals surface area contributed by atoms with Crippen molar-refractivity contribution in [2.45, 2.75) is 6.42 Å². The van der Waals surface area contributed by atoms with Gasteiger partial charge in [-0.25, -0.2) is 19.8 Å². The monoisotopic (exact) mass is 440 g/mol. The van der Waals surface area contributed by atoms with Crippen molar-refractivity contribution in [1.82, 2.24) is 10.7 Å². The van der Waals surface area contributed by atoms with E-state index >= 15 is 0 Å². The van der Waals surface area contributed by atoms with E-state index in [1.54, 1.807) is 35.7 Å². The molecular formula is C18H19BrClFN4O. The molecule has 26 heavy (non-hydrogen) atoms. The van der Waals surface area contributed by atoms with Crippen LogP contribution in [-0.4, -0.2) is 25.5 Å². The molecule has 2 aromatic carbocycles. The summed E-state index contributed by atoms with van der Waals surface area (Å²) in [7, 11) is 1.66. The first-order chi connectivity index (χ1) is 12.6. The molecule has 0 aromatic heterocycles. The minimum absolute atomic E-state index is 0.282. The van der Waals surface area contributed by atoms with Crippen LogP contribution in [0.3, 0.4) is 0 Å². The molecule has 3 rings (SSSR count). The van der Waals surface area contributed by atoms with E-state index in [-0.39, 0.29) is 5.69 Å². The highest BCUT2D eigenvalue weighted by atomic mass is 79.9. The van der Waals surface area contributed by atoms with E-state index in [4.69, 9.17) is 16.3 Å². The smallest absolute Gasteiger partial charge is 0.149 e. The lowest BCUT2D eigenvalue weighted by atomic mass is 10.3. The number of nitrogens with zero attached hydrogens (tertiary/aromatic N) is 3. The zero-order valence-corrected chi connectivity index (χ0v) is 16.5. The largest absolute Gasteiger partial charge is 0.385 e. The maximum Gasteiger partial charge on any atom is 0.149 e. The molecule has 1 N–H and O–H groups in total. The fourth-order valence-corrected chi connectivity index (χ4v) is 3.08. The zero-order valence-electron chi connectivity index (χ0n) is 14.2. The molecule has 0 saturated heterocycles. The molecular weight excluding hydrogens is 423 g/mol. The van der Waals surface area contributed by atoms with Crippen molar-refractivity contribution < 1.29 is 9.13 Å². The molecule has 0 atom stereocenters. The van der Waals surface area contributed by atoms with Gasteiger partial charge in [0, 0.05) is 37.1 Å². The normalized spacial score (nSPS) is 14.5. The summed E-state index contributed by atoms with van der Waals surface area (Å²) in [5, 5.41) is 5.58. The Morgan fingerprint density at radius 1 is 1.12 bits per heavy atom. The molecule has 0 aliphatic carbocycles. The second kappa shape index (κ2) is 8.83. The Kier molecular flexibility index (Phi) is 6.50. The van der Waals surface area contributed by atoms with Gasteiger partial charge in [-0.2, -0.15) is 0 Å². The highest BCUT2D eigenvalue weighted by Crippen LogP contribution is 2.34. The van der Waals surface area contributed by atoms with E-state index in [9.17, 15) is 4.39 Å². The molecule has 0 amide bonds. The number of ether oxygens (including phenoxy) is 1. The number of para-hydroxylation sites is 1. The fraction of sp³-hybridized carbons (Fsp3) is 0.222. The van der Waals surface area contributed by atoms with E-state index in [1.807, 2.05) is 35.5 Å². The minimum Gasteiger partial charge on any atom is -0.385 e. The second-order valence-electron chi connectivity index (χ2n) is 5.58. The molecule has 8 heteroatoms. The van der Waals surface area contributed by atoms with Crippen molar-refractivity contribution in [2.75, 3.05) is 30.3 Å². The number of methoxy groups -OCH3 is 1. The predicted octanol–water partition coefficient (Wildman–Crippen LogP) is 4.71. The van der Waals surface area contributed by atoms with Crippen LogP contribution in [0.25, 0.3) is 0 Å². The molecule has 5 nitrogen and oxygen atoms in total. The molecule has 1 heterocycles. The third kappa shape index (κ3) is 4.19. The zero-order chi connectivity index (χ0) is 18.5. The molecule has 0 radical (unpaired) electrons. The Hall–Kier alpha value is -1.64. The third-order valence-corrected chi connectivity index (χ3v) is 4.63. The summed E-state index contributed by atoms with van der Waals surface area (Å²) >= 11 is 9.70. The number of nitrogens with one attached hydrogen (secondary N) is 1. The number of halogens is 3. The van der Waals surface area contributed by atoms with Crippen LogP contribution in [0.4, 0.5) is 15.8 Å². The number of hydrogen-bond donors (Lipinski definition) is 1. The Morgan fingerprint density at radius 2 is 1.85 bits per heavy atom. The van der Waals surface area contributed by atoms with Gasteiger partial charge in [0.1, 0.15) is 11.5 Å². The van der Waals surface area contributed by atoms with Crippen molar-refractivity contribution in [1.29, 1.82) is 0 Å². The summed E-state index contributed by atoms with van der Waals surface area (Å²) in [4.78, 5) is 0. The number of hydrogen-bond acceptors (Lipinski definition) is 5. The molecule has 0 fully saturated rings. The van der Waals surface area contributed by atoms with Gasteiger partial charge >= 0.3 is 0 Å². The van der Waals surface area contributed by atoms with Gasteiger partial charge in [0.15, 0.2) is 0 Å². The second-order valence-corrected chi connectivity index (χ2v) is 6.90. The lowest BCUT2D eigenvalue weighted by Gasteiger charge is -2.35. The molecule has 138 valence electrons. The Morgan fingerprint density at radius 3 is 2.54 bits per heavy atom. The summed E-state index contributed by atoms with van der Waals surface area (Å²) in [6, 6.07) is 12.5. The van der Waals surface area contributed by atoms with Crippen LogP contribution in [0.15, 0.2) is 59.3 Å². The summed E-state index contributed by atoms with van der Waals surface area (Å²) in [5.74, 6) is -0.400. The van der Waals surface area contributed by atoms with E-state index in [2.05, 4.69) is 21.4 Å². The summed E-state index contributed by atoms with van der Waals surface area (Å²) in [6.07, 6.45) is 4.41. The SMILES string of the molecule is COCCCNN1N(c2ccc(Br)cc2)C=CN1c1c(F)cccc1Cl. The van der Waals surface area contributed by atoms with E-state index in [0.717, 1.165) is 16.6 Å². The van der Waals surface area contributed by atoms with Gasteiger partial charge in [0.2, 0.25) is 0 Å². The van der Waals surface area contributed by atoms with Crippen molar-refractivity contribution in [3.05, 3.63) is 70.2 Å². The van der Waals surface area contributed by atoms with Crippen molar-refractivity contribution in [3.8, 4) is 0 Å². The van der Waals surface area contributed by atoms with Crippen LogP contribution in [0.2, 0.25) is 5.02 Å². The van der Waals surface area contributed by atoms with Crippen LogP contribution in [0, 0.1) is 5.82 Å². The van der Waals surface area contributed by atoms with Gasteiger partial charge in [-0.05, 0) is 42.8 Å². The van der Waals surface area contributed by atoms with Gasteiger partial charge in [0.05, 0.1) is 10.7 Å². The summed E-state index contributed by atoms with van der Waals surface area (Å²) < 4.78 is 20.5. The van der Waals surface area contributed by atoms with Crippen LogP contribution in [0.1, 0.15) is 6.42 Å². The maximum atomic E-state index is 14.4. The van der Waals surface area contributed by atoms with Gasteiger partial charge in [-0.15, -0.1) is 0 Å². The quantitative estimate of drug-likeness (QED) is 0.629. The van der Waals surface area contributed by atoms with E-state index in [1.165, 1.54) is 6.07 Å². The molecule has 1 aliphatic rings.